The Kier molecular flexibility index (Phi) is 4.88. The topological polar surface area (TPSA) is 84.9 Å². The van der Waals surface area contributed by atoms with Crippen molar-refractivity contribution in [2.45, 2.75) is 12.5 Å². The minimum atomic E-state index is -1.48. The highest BCUT2D eigenvalue weighted by molar-refractivity contribution is 5.98. The van der Waals surface area contributed by atoms with Gasteiger partial charge in [0.15, 0.2) is 5.54 Å². The van der Waals surface area contributed by atoms with E-state index in [1.165, 1.54) is 27.2 Å². The van der Waals surface area contributed by atoms with Crippen LogP contribution in [0.2, 0.25) is 0 Å². The van der Waals surface area contributed by atoms with E-state index in [0.717, 1.165) is 0 Å². The predicted molar refractivity (Wildman–Crippen MR) is 68.4 cm³/mol. The number of hydrogen-bond donors (Lipinski definition) is 2. The summed E-state index contributed by atoms with van der Waals surface area (Å²) in [6.07, 6.45) is 0. The molecule has 6 heteroatoms. The van der Waals surface area contributed by atoms with Crippen LogP contribution in [0.3, 0.4) is 0 Å². The number of carboxylic acid groups (broad SMARTS) is 1. The number of methoxy groups -OCH3 is 2. The highest BCUT2D eigenvalue weighted by Gasteiger charge is 2.35. The van der Waals surface area contributed by atoms with E-state index in [2.05, 4.69) is 5.32 Å². The lowest BCUT2D eigenvalue weighted by molar-refractivity contribution is -0.145. The van der Waals surface area contributed by atoms with Crippen molar-refractivity contribution in [3.05, 3.63) is 29.8 Å². The van der Waals surface area contributed by atoms with Crippen LogP contribution in [0, 0.1) is 0 Å². The van der Waals surface area contributed by atoms with Gasteiger partial charge >= 0.3 is 5.97 Å². The number of amides is 1. The monoisotopic (exact) mass is 267 g/mol. The van der Waals surface area contributed by atoms with Crippen LogP contribution < -0.4 is 10.1 Å². The van der Waals surface area contributed by atoms with Gasteiger partial charge < -0.3 is 19.9 Å². The molecule has 0 saturated carbocycles. The molecule has 1 amide bonds. The van der Waals surface area contributed by atoms with Gasteiger partial charge in [-0.2, -0.15) is 0 Å². The van der Waals surface area contributed by atoms with E-state index in [9.17, 15) is 9.59 Å². The molecule has 1 rings (SSSR count). The predicted octanol–water partition coefficient (Wildman–Crippen LogP) is 0.915. The van der Waals surface area contributed by atoms with Gasteiger partial charge in [-0.15, -0.1) is 0 Å². The standard InChI is InChI=1S/C13H17NO5/c1-13(8-18-2,12(16)17)14-11(15)9-5-4-6-10(7-9)19-3/h4-7H,8H2,1-3H3,(H,14,15)(H,16,17). The maximum absolute atomic E-state index is 12.0. The van der Waals surface area contributed by atoms with Gasteiger partial charge in [-0.1, -0.05) is 6.07 Å². The number of carboxylic acids is 1. The largest absolute Gasteiger partial charge is 0.497 e. The Morgan fingerprint density at radius 2 is 2.05 bits per heavy atom. The molecule has 19 heavy (non-hydrogen) atoms. The Labute approximate surface area is 111 Å². The number of hydrogen-bond acceptors (Lipinski definition) is 4. The van der Waals surface area contributed by atoms with Crippen LogP contribution in [0.25, 0.3) is 0 Å². The molecule has 2 N–H and O–H groups in total. The van der Waals surface area contributed by atoms with Gasteiger partial charge in [0.25, 0.3) is 5.91 Å². The lowest BCUT2D eigenvalue weighted by Gasteiger charge is -2.25. The third-order valence-electron chi connectivity index (χ3n) is 2.63. The maximum Gasteiger partial charge on any atom is 0.331 e. The fourth-order valence-electron chi connectivity index (χ4n) is 1.53. The molecule has 0 aromatic heterocycles. The van der Waals surface area contributed by atoms with Crippen molar-refractivity contribution in [1.29, 1.82) is 0 Å². The molecule has 1 aromatic rings. The van der Waals surface area contributed by atoms with Crippen molar-refractivity contribution >= 4 is 11.9 Å². The lowest BCUT2D eigenvalue weighted by atomic mass is 10.0. The number of carbonyl (C=O) groups excluding carboxylic acids is 1. The second kappa shape index (κ2) is 6.19. The van der Waals surface area contributed by atoms with Gasteiger partial charge in [-0.05, 0) is 25.1 Å². The first kappa shape index (κ1) is 15.0. The van der Waals surface area contributed by atoms with E-state index in [1.807, 2.05) is 0 Å². The first-order chi connectivity index (χ1) is 8.92. The molecule has 1 aromatic carbocycles. The van der Waals surface area contributed by atoms with Gasteiger partial charge in [0.2, 0.25) is 0 Å². The maximum atomic E-state index is 12.0. The molecule has 1 unspecified atom stereocenters. The normalized spacial score (nSPS) is 13.4. The summed E-state index contributed by atoms with van der Waals surface area (Å²) < 4.78 is 9.84. The van der Waals surface area contributed by atoms with Gasteiger partial charge in [0, 0.05) is 12.7 Å². The molecule has 0 radical (unpaired) electrons. The van der Waals surface area contributed by atoms with Crippen LogP contribution in [-0.4, -0.2) is 43.3 Å². The van der Waals surface area contributed by atoms with Gasteiger partial charge in [-0.25, -0.2) is 4.79 Å². The van der Waals surface area contributed by atoms with Crippen LogP contribution >= 0.6 is 0 Å². The summed E-state index contributed by atoms with van der Waals surface area (Å²) in [4.78, 5) is 23.2. The van der Waals surface area contributed by atoms with Gasteiger partial charge in [-0.3, -0.25) is 4.79 Å². The molecule has 6 nitrogen and oxygen atoms in total. The molecule has 1 atom stereocenters. The fourth-order valence-corrected chi connectivity index (χ4v) is 1.53. The fraction of sp³-hybridized carbons (Fsp3) is 0.385. The number of ether oxygens (including phenoxy) is 2. The van der Waals surface area contributed by atoms with E-state index < -0.39 is 17.4 Å². The van der Waals surface area contributed by atoms with E-state index in [1.54, 1.807) is 18.2 Å². The third-order valence-corrected chi connectivity index (χ3v) is 2.63. The molecule has 104 valence electrons. The van der Waals surface area contributed by atoms with Crippen LogP contribution in [0.4, 0.5) is 0 Å². The average Bonchev–Trinajstić information content (AvgIpc) is 2.38. The van der Waals surface area contributed by atoms with E-state index >= 15 is 0 Å². The number of benzene rings is 1. The summed E-state index contributed by atoms with van der Waals surface area (Å²) in [7, 11) is 2.86. The number of nitrogens with one attached hydrogen (secondary N) is 1. The van der Waals surface area contributed by atoms with E-state index in [4.69, 9.17) is 14.6 Å². The van der Waals surface area contributed by atoms with E-state index in [0.29, 0.717) is 11.3 Å². The Morgan fingerprint density at radius 1 is 1.37 bits per heavy atom. The van der Waals surface area contributed by atoms with Gasteiger partial charge in [0.1, 0.15) is 5.75 Å². The quantitative estimate of drug-likeness (QED) is 0.800. The zero-order valence-corrected chi connectivity index (χ0v) is 11.1. The van der Waals surface area contributed by atoms with Crippen molar-refractivity contribution in [3.8, 4) is 5.75 Å². The molecular weight excluding hydrogens is 250 g/mol. The molecule has 0 spiro atoms. The van der Waals surface area contributed by atoms with Crippen LogP contribution in [0.15, 0.2) is 24.3 Å². The van der Waals surface area contributed by atoms with Crippen molar-refractivity contribution in [2.24, 2.45) is 0 Å². The van der Waals surface area contributed by atoms with Crippen LogP contribution in [-0.2, 0) is 9.53 Å². The van der Waals surface area contributed by atoms with Gasteiger partial charge in [0.05, 0.1) is 13.7 Å². The second-order valence-electron chi connectivity index (χ2n) is 4.26. The molecule has 0 fully saturated rings. The smallest absolute Gasteiger partial charge is 0.331 e. The van der Waals surface area contributed by atoms with Crippen molar-refractivity contribution in [3.63, 3.8) is 0 Å². The van der Waals surface area contributed by atoms with Crippen molar-refractivity contribution in [1.82, 2.24) is 5.32 Å². The Bertz CT molecular complexity index is 474. The summed E-state index contributed by atoms with van der Waals surface area (Å²) in [6.45, 7) is 1.26. The zero-order chi connectivity index (χ0) is 14.5. The Morgan fingerprint density at radius 3 is 2.58 bits per heavy atom. The minimum absolute atomic E-state index is 0.127. The van der Waals surface area contributed by atoms with Crippen molar-refractivity contribution in [2.75, 3.05) is 20.8 Å². The summed E-state index contributed by atoms with van der Waals surface area (Å²) in [5.74, 6) is -1.14. The summed E-state index contributed by atoms with van der Waals surface area (Å²) >= 11 is 0. The molecule has 0 bridgehead atoms. The molecule has 0 aliphatic carbocycles. The van der Waals surface area contributed by atoms with Crippen LogP contribution in [0.5, 0.6) is 5.75 Å². The first-order valence-corrected chi connectivity index (χ1v) is 5.62. The van der Waals surface area contributed by atoms with E-state index in [-0.39, 0.29) is 6.61 Å². The highest BCUT2D eigenvalue weighted by Crippen LogP contribution is 2.14. The molecular formula is C13H17NO5. The number of carbonyl (C=O) groups is 2. The zero-order valence-electron chi connectivity index (χ0n) is 11.1. The Balaban J connectivity index is 2.90. The molecule has 0 heterocycles. The molecule has 0 aliphatic heterocycles. The summed E-state index contributed by atoms with van der Waals surface area (Å²) in [6, 6.07) is 6.46. The third kappa shape index (κ3) is 3.69. The molecule has 0 aliphatic rings. The van der Waals surface area contributed by atoms with Crippen molar-refractivity contribution < 1.29 is 24.2 Å². The second-order valence-corrected chi connectivity index (χ2v) is 4.26. The lowest BCUT2D eigenvalue weighted by Crippen LogP contribution is -2.55. The average molecular weight is 267 g/mol. The molecule has 0 saturated heterocycles. The Hall–Kier alpha value is -2.08. The number of rotatable bonds is 6. The summed E-state index contributed by atoms with van der Waals surface area (Å²) in [5.41, 5.74) is -1.16. The highest BCUT2D eigenvalue weighted by atomic mass is 16.5. The van der Waals surface area contributed by atoms with Crippen LogP contribution in [0.1, 0.15) is 17.3 Å². The minimum Gasteiger partial charge on any atom is -0.497 e. The summed E-state index contributed by atoms with van der Waals surface area (Å²) in [5, 5.41) is 11.6. The SMILES string of the molecule is COCC(C)(NC(=O)c1cccc(OC)c1)C(=O)O. The first-order valence-electron chi connectivity index (χ1n) is 5.62. The number of aliphatic carboxylic acids is 1.